The Balaban J connectivity index is 1.52. The number of carbonyl (C=O) groups excluding carboxylic acids is 2. The molecule has 1 N–H and O–H groups in total. The number of carbonyl (C=O) groups is 2. The van der Waals surface area contributed by atoms with Crippen LogP contribution in [0.2, 0.25) is 0 Å². The average molecular weight is 446 g/mol. The summed E-state index contributed by atoms with van der Waals surface area (Å²) in [7, 11) is -0.796. The molecule has 0 radical (unpaired) electrons. The highest BCUT2D eigenvalue weighted by molar-refractivity contribution is 7.89. The second-order valence-corrected chi connectivity index (χ2v) is 8.84. The predicted octanol–water partition coefficient (Wildman–Crippen LogP) is 1.25. The molecule has 1 amide bonds. The molecule has 3 rings (SSSR count). The van der Waals surface area contributed by atoms with E-state index in [0.29, 0.717) is 17.9 Å². The summed E-state index contributed by atoms with van der Waals surface area (Å²) in [6.07, 6.45) is 3.39. The number of rotatable bonds is 9. The zero-order chi connectivity index (χ0) is 22.4. The molecule has 0 saturated carbocycles. The van der Waals surface area contributed by atoms with Crippen molar-refractivity contribution in [3.63, 3.8) is 0 Å². The maximum Gasteiger partial charge on any atom is 0.374 e. The standard InChI is InChI=1S/C20H22N4O6S/c1-23(2)31(27,28)18-7-4-3-6-15(18)12-21-19(25)14-29-20(26)17-9-8-16(30-17)13-24-11-5-10-22-24/h3-11H,12-14H2,1-2H3,(H,21,25). The maximum atomic E-state index is 12.4. The molecule has 2 heterocycles. The molecule has 2 aromatic heterocycles. The van der Waals surface area contributed by atoms with Crippen LogP contribution in [0.3, 0.4) is 0 Å². The zero-order valence-corrected chi connectivity index (χ0v) is 17.8. The van der Waals surface area contributed by atoms with Crippen molar-refractivity contribution < 1.29 is 27.2 Å². The van der Waals surface area contributed by atoms with E-state index in [9.17, 15) is 18.0 Å². The van der Waals surface area contributed by atoms with Crippen LogP contribution >= 0.6 is 0 Å². The fourth-order valence-electron chi connectivity index (χ4n) is 2.67. The number of nitrogens with one attached hydrogen (secondary N) is 1. The van der Waals surface area contributed by atoms with Crippen LogP contribution in [0.1, 0.15) is 21.9 Å². The Labute approximate surface area is 179 Å². The number of sulfonamides is 1. The van der Waals surface area contributed by atoms with E-state index in [1.165, 1.54) is 26.2 Å². The van der Waals surface area contributed by atoms with Crippen LogP contribution in [0.5, 0.6) is 0 Å². The van der Waals surface area contributed by atoms with Crippen molar-refractivity contribution in [1.82, 2.24) is 19.4 Å². The Hall–Kier alpha value is -3.44. The molecule has 0 aliphatic carbocycles. The van der Waals surface area contributed by atoms with Gasteiger partial charge in [-0.05, 0) is 29.8 Å². The predicted molar refractivity (Wildman–Crippen MR) is 109 cm³/mol. The number of hydrogen-bond acceptors (Lipinski definition) is 7. The lowest BCUT2D eigenvalue weighted by molar-refractivity contribution is -0.124. The van der Waals surface area contributed by atoms with Gasteiger partial charge in [-0.15, -0.1) is 0 Å². The molecule has 0 fully saturated rings. The summed E-state index contributed by atoms with van der Waals surface area (Å²) >= 11 is 0. The van der Waals surface area contributed by atoms with Gasteiger partial charge >= 0.3 is 5.97 Å². The van der Waals surface area contributed by atoms with Gasteiger partial charge in [0.1, 0.15) is 5.76 Å². The van der Waals surface area contributed by atoms with Crippen molar-refractivity contribution >= 4 is 21.9 Å². The van der Waals surface area contributed by atoms with Crippen LogP contribution in [0.25, 0.3) is 0 Å². The number of aromatic nitrogens is 2. The molecule has 0 aliphatic heterocycles. The van der Waals surface area contributed by atoms with Gasteiger partial charge in [-0.3, -0.25) is 9.48 Å². The van der Waals surface area contributed by atoms with Crippen molar-refractivity contribution in [2.45, 2.75) is 18.0 Å². The highest BCUT2D eigenvalue weighted by Crippen LogP contribution is 2.18. The molecule has 0 atom stereocenters. The highest BCUT2D eigenvalue weighted by atomic mass is 32.2. The van der Waals surface area contributed by atoms with Crippen molar-refractivity contribution in [2.75, 3.05) is 20.7 Å². The quantitative estimate of drug-likeness (QED) is 0.491. The van der Waals surface area contributed by atoms with E-state index in [0.717, 1.165) is 4.31 Å². The summed E-state index contributed by atoms with van der Waals surface area (Å²) in [6, 6.07) is 11.2. The first-order valence-corrected chi connectivity index (χ1v) is 10.7. The van der Waals surface area contributed by atoms with Gasteiger partial charge in [0.15, 0.2) is 6.61 Å². The second-order valence-electron chi connectivity index (χ2n) is 6.72. The number of ether oxygens (including phenoxy) is 1. The van der Waals surface area contributed by atoms with Gasteiger partial charge in [-0.2, -0.15) is 5.10 Å². The van der Waals surface area contributed by atoms with Crippen LogP contribution in [-0.2, 0) is 32.6 Å². The van der Waals surface area contributed by atoms with E-state index in [1.54, 1.807) is 47.4 Å². The summed E-state index contributed by atoms with van der Waals surface area (Å²) in [6.45, 7) is -0.207. The van der Waals surface area contributed by atoms with Crippen LogP contribution in [-0.4, -0.2) is 55.1 Å². The Kier molecular flexibility index (Phi) is 6.88. The molecule has 0 bridgehead atoms. The Morgan fingerprint density at radius 1 is 1.16 bits per heavy atom. The lowest BCUT2D eigenvalue weighted by Gasteiger charge is -2.15. The number of benzene rings is 1. The third kappa shape index (κ3) is 5.58. The minimum Gasteiger partial charge on any atom is -0.452 e. The molecule has 0 unspecified atom stereocenters. The summed E-state index contributed by atoms with van der Waals surface area (Å²) in [5.74, 6) is -0.873. The Morgan fingerprint density at radius 3 is 2.65 bits per heavy atom. The first kappa shape index (κ1) is 22.2. The van der Waals surface area contributed by atoms with Crippen LogP contribution in [0, 0.1) is 0 Å². The largest absolute Gasteiger partial charge is 0.452 e. The SMILES string of the molecule is CN(C)S(=O)(=O)c1ccccc1CNC(=O)COC(=O)c1ccc(Cn2cccn2)o1. The van der Waals surface area contributed by atoms with Gasteiger partial charge in [0.05, 0.1) is 11.4 Å². The molecule has 164 valence electrons. The minimum absolute atomic E-state index is 0.0302. The molecule has 0 saturated heterocycles. The molecule has 0 spiro atoms. The average Bonchev–Trinajstić information content (AvgIpc) is 3.43. The van der Waals surface area contributed by atoms with E-state index in [4.69, 9.17) is 9.15 Å². The molecular formula is C20H22N4O6S. The van der Waals surface area contributed by atoms with E-state index in [1.807, 2.05) is 0 Å². The topological polar surface area (TPSA) is 124 Å². The van der Waals surface area contributed by atoms with Crippen molar-refractivity contribution in [1.29, 1.82) is 0 Å². The zero-order valence-electron chi connectivity index (χ0n) is 17.0. The summed E-state index contributed by atoms with van der Waals surface area (Å²) in [5, 5.41) is 6.60. The van der Waals surface area contributed by atoms with Gasteiger partial charge in [0.2, 0.25) is 15.8 Å². The highest BCUT2D eigenvalue weighted by Gasteiger charge is 2.21. The minimum atomic E-state index is -3.66. The van der Waals surface area contributed by atoms with E-state index in [2.05, 4.69) is 10.4 Å². The first-order valence-electron chi connectivity index (χ1n) is 9.28. The van der Waals surface area contributed by atoms with Crippen LogP contribution in [0.15, 0.2) is 64.2 Å². The Bertz CT molecular complexity index is 1150. The molecule has 0 aliphatic rings. The second kappa shape index (κ2) is 9.58. The molecule has 1 aromatic carbocycles. The fourth-order valence-corrected chi connectivity index (χ4v) is 3.79. The normalized spacial score (nSPS) is 11.5. The van der Waals surface area contributed by atoms with Gasteiger partial charge in [-0.1, -0.05) is 18.2 Å². The number of esters is 1. The van der Waals surface area contributed by atoms with Gasteiger partial charge in [-0.25, -0.2) is 17.5 Å². The summed E-state index contributed by atoms with van der Waals surface area (Å²) in [4.78, 5) is 24.3. The molecule has 31 heavy (non-hydrogen) atoms. The lowest BCUT2D eigenvalue weighted by atomic mass is 10.2. The molecule has 3 aromatic rings. The van der Waals surface area contributed by atoms with E-state index in [-0.39, 0.29) is 17.2 Å². The van der Waals surface area contributed by atoms with Gasteiger partial charge in [0.25, 0.3) is 5.91 Å². The number of furan rings is 1. The maximum absolute atomic E-state index is 12.4. The van der Waals surface area contributed by atoms with Gasteiger partial charge < -0.3 is 14.5 Å². The number of amides is 1. The third-order valence-corrected chi connectivity index (χ3v) is 6.20. The summed E-state index contributed by atoms with van der Waals surface area (Å²) in [5.41, 5.74) is 0.421. The fraction of sp³-hybridized carbons (Fsp3) is 0.250. The van der Waals surface area contributed by atoms with Gasteiger partial charge in [0, 0.05) is 33.0 Å². The number of nitrogens with zero attached hydrogens (tertiary/aromatic N) is 3. The lowest BCUT2D eigenvalue weighted by Crippen LogP contribution is -2.30. The van der Waals surface area contributed by atoms with Crippen molar-refractivity contribution in [2.24, 2.45) is 0 Å². The van der Waals surface area contributed by atoms with Crippen LogP contribution < -0.4 is 5.32 Å². The van der Waals surface area contributed by atoms with E-state index >= 15 is 0 Å². The monoisotopic (exact) mass is 446 g/mol. The molecule has 10 nitrogen and oxygen atoms in total. The molecular weight excluding hydrogens is 424 g/mol. The van der Waals surface area contributed by atoms with E-state index < -0.39 is 28.5 Å². The van der Waals surface area contributed by atoms with Crippen molar-refractivity contribution in [3.05, 3.63) is 71.9 Å². The number of hydrogen-bond donors (Lipinski definition) is 1. The molecule has 11 heteroatoms. The van der Waals surface area contributed by atoms with Crippen LogP contribution in [0.4, 0.5) is 0 Å². The first-order chi connectivity index (χ1) is 14.8. The smallest absolute Gasteiger partial charge is 0.374 e. The summed E-state index contributed by atoms with van der Waals surface area (Å²) < 4.78 is 37.9. The van der Waals surface area contributed by atoms with Crippen molar-refractivity contribution in [3.8, 4) is 0 Å². The Morgan fingerprint density at radius 2 is 1.94 bits per heavy atom. The third-order valence-electron chi connectivity index (χ3n) is 4.28.